The fourth-order valence-electron chi connectivity index (χ4n) is 2.77. The van der Waals surface area contributed by atoms with Gasteiger partial charge in [-0.3, -0.25) is 0 Å². The zero-order valence-electron chi connectivity index (χ0n) is 13.5. The van der Waals surface area contributed by atoms with Crippen molar-refractivity contribution in [2.45, 2.75) is 59.8 Å². The number of hydrogen-bond donors (Lipinski definition) is 0. The van der Waals surface area contributed by atoms with Gasteiger partial charge in [0.15, 0.2) is 0 Å². The van der Waals surface area contributed by atoms with E-state index in [0.29, 0.717) is 5.41 Å². The molecule has 0 bridgehead atoms. The lowest BCUT2D eigenvalue weighted by molar-refractivity contribution is 0.279. The first-order valence-electron chi connectivity index (χ1n) is 7.55. The van der Waals surface area contributed by atoms with Gasteiger partial charge in [0.05, 0.1) is 0 Å². The summed E-state index contributed by atoms with van der Waals surface area (Å²) in [6.07, 6.45) is 2.60. The van der Waals surface area contributed by atoms with E-state index in [4.69, 9.17) is 0 Å². The maximum absolute atomic E-state index is 2.58. The maximum atomic E-state index is 2.58. The number of rotatable bonds is 1. The predicted octanol–water partition coefficient (Wildman–Crippen LogP) is 4.92. The summed E-state index contributed by atoms with van der Waals surface area (Å²) in [6, 6.07) is 6.98. The van der Waals surface area contributed by atoms with E-state index in [0.717, 1.165) is 0 Å². The normalized spacial score (nSPS) is 19.6. The van der Waals surface area contributed by atoms with Crippen LogP contribution in [0.15, 0.2) is 18.2 Å². The Labute approximate surface area is 119 Å². The summed E-state index contributed by atoms with van der Waals surface area (Å²) in [6.45, 7) is 16.3. The Hall–Kier alpha value is -0.980. The fourth-order valence-corrected chi connectivity index (χ4v) is 2.77. The Balaban J connectivity index is 2.25. The van der Waals surface area contributed by atoms with Crippen LogP contribution in [-0.2, 0) is 5.41 Å². The first-order valence-corrected chi connectivity index (χ1v) is 7.55. The summed E-state index contributed by atoms with van der Waals surface area (Å²) >= 11 is 0. The molecule has 1 saturated heterocycles. The molecule has 0 N–H and O–H groups in total. The predicted molar refractivity (Wildman–Crippen MR) is 85.1 cm³/mol. The molecule has 1 nitrogen and oxygen atoms in total. The smallest absolute Gasteiger partial charge is 0.0398 e. The largest absolute Gasteiger partial charge is 0.371 e. The maximum Gasteiger partial charge on any atom is 0.0398 e. The molecule has 1 fully saturated rings. The van der Waals surface area contributed by atoms with Crippen molar-refractivity contribution in [3.05, 3.63) is 29.3 Å². The fraction of sp³-hybridized carbons (Fsp3) is 0.667. The van der Waals surface area contributed by atoms with Gasteiger partial charge in [-0.25, -0.2) is 0 Å². The van der Waals surface area contributed by atoms with Crippen LogP contribution in [0.25, 0.3) is 0 Å². The molecule has 2 rings (SSSR count). The second-order valence-electron chi connectivity index (χ2n) is 7.90. The minimum atomic E-state index is 0.234. The van der Waals surface area contributed by atoms with Crippen LogP contribution in [0.1, 0.15) is 58.6 Å². The van der Waals surface area contributed by atoms with Crippen molar-refractivity contribution in [3.63, 3.8) is 0 Å². The second kappa shape index (κ2) is 4.85. The van der Waals surface area contributed by atoms with Gasteiger partial charge in [0.25, 0.3) is 0 Å². The lowest BCUT2D eigenvalue weighted by Gasteiger charge is -2.39. The Morgan fingerprint density at radius 3 is 2.16 bits per heavy atom. The van der Waals surface area contributed by atoms with Gasteiger partial charge in [-0.1, -0.05) is 46.8 Å². The van der Waals surface area contributed by atoms with E-state index in [2.05, 4.69) is 64.6 Å². The summed E-state index contributed by atoms with van der Waals surface area (Å²) in [7, 11) is 0. The van der Waals surface area contributed by atoms with Crippen molar-refractivity contribution in [2.75, 3.05) is 18.0 Å². The average molecular weight is 259 g/mol. The van der Waals surface area contributed by atoms with Crippen LogP contribution >= 0.6 is 0 Å². The van der Waals surface area contributed by atoms with Gasteiger partial charge in [-0.2, -0.15) is 0 Å². The average Bonchev–Trinajstić information content (AvgIpc) is 2.29. The quantitative estimate of drug-likeness (QED) is 0.692. The SMILES string of the molecule is Cc1ccc(C(C)(C)C)cc1N1CCC(C)(C)CC1. The number of aryl methyl sites for hydroxylation is 1. The highest BCUT2D eigenvalue weighted by Crippen LogP contribution is 2.35. The van der Waals surface area contributed by atoms with Gasteiger partial charge in [-0.15, -0.1) is 0 Å². The minimum absolute atomic E-state index is 0.234. The van der Waals surface area contributed by atoms with E-state index >= 15 is 0 Å². The van der Waals surface area contributed by atoms with Gasteiger partial charge in [0, 0.05) is 18.8 Å². The molecule has 19 heavy (non-hydrogen) atoms. The number of piperidine rings is 1. The Kier molecular flexibility index (Phi) is 3.68. The lowest BCUT2D eigenvalue weighted by atomic mass is 9.82. The topological polar surface area (TPSA) is 3.24 Å². The van der Waals surface area contributed by atoms with Gasteiger partial charge in [0.1, 0.15) is 0 Å². The van der Waals surface area contributed by atoms with Crippen molar-refractivity contribution < 1.29 is 0 Å². The molecule has 0 radical (unpaired) electrons. The molecule has 0 saturated carbocycles. The highest BCUT2D eigenvalue weighted by molar-refractivity contribution is 5.56. The van der Waals surface area contributed by atoms with Crippen molar-refractivity contribution >= 4 is 5.69 Å². The Morgan fingerprint density at radius 2 is 1.63 bits per heavy atom. The first-order chi connectivity index (χ1) is 8.69. The van der Waals surface area contributed by atoms with E-state index < -0.39 is 0 Å². The highest BCUT2D eigenvalue weighted by Gasteiger charge is 2.26. The third-order valence-corrected chi connectivity index (χ3v) is 4.53. The second-order valence-corrected chi connectivity index (χ2v) is 7.90. The van der Waals surface area contributed by atoms with Gasteiger partial charge < -0.3 is 4.90 Å². The summed E-state index contributed by atoms with van der Waals surface area (Å²) in [5.74, 6) is 0. The molecule has 1 aromatic rings. The highest BCUT2D eigenvalue weighted by atomic mass is 15.1. The van der Waals surface area contributed by atoms with E-state index in [1.165, 1.54) is 42.7 Å². The molecule has 1 aliphatic rings. The van der Waals surface area contributed by atoms with Gasteiger partial charge in [-0.05, 0) is 47.8 Å². The molecular formula is C18H29N. The van der Waals surface area contributed by atoms with Crippen LogP contribution < -0.4 is 4.90 Å². The molecule has 0 amide bonds. The monoisotopic (exact) mass is 259 g/mol. The zero-order chi connectivity index (χ0) is 14.3. The molecule has 0 aliphatic carbocycles. The Morgan fingerprint density at radius 1 is 1.05 bits per heavy atom. The summed E-state index contributed by atoms with van der Waals surface area (Å²) in [5, 5.41) is 0. The zero-order valence-corrected chi connectivity index (χ0v) is 13.5. The van der Waals surface area contributed by atoms with E-state index in [9.17, 15) is 0 Å². The molecule has 0 unspecified atom stereocenters. The van der Waals surface area contributed by atoms with Crippen LogP contribution in [0.3, 0.4) is 0 Å². The number of anilines is 1. The molecule has 0 aromatic heterocycles. The lowest BCUT2D eigenvalue weighted by Crippen LogP contribution is -2.37. The summed E-state index contributed by atoms with van der Waals surface area (Å²) in [5.41, 5.74) is 5.05. The molecule has 0 spiro atoms. The van der Waals surface area contributed by atoms with Crippen LogP contribution in [0, 0.1) is 12.3 Å². The molecule has 1 aliphatic heterocycles. The Bertz CT molecular complexity index is 441. The number of nitrogens with zero attached hydrogens (tertiary/aromatic N) is 1. The van der Waals surface area contributed by atoms with Gasteiger partial charge in [0.2, 0.25) is 0 Å². The van der Waals surface area contributed by atoms with Crippen molar-refractivity contribution in [3.8, 4) is 0 Å². The van der Waals surface area contributed by atoms with Crippen LogP contribution in [-0.4, -0.2) is 13.1 Å². The molecule has 106 valence electrons. The van der Waals surface area contributed by atoms with Crippen LogP contribution in [0.4, 0.5) is 5.69 Å². The number of benzene rings is 1. The van der Waals surface area contributed by atoms with Crippen LogP contribution in [0.5, 0.6) is 0 Å². The molecule has 1 aromatic carbocycles. The molecule has 1 heterocycles. The molecule has 1 heteroatoms. The third-order valence-electron chi connectivity index (χ3n) is 4.53. The standard InChI is InChI=1S/C18H29N/c1-14-7-8-15(17(2,3)4)13-16(14)19-11-9-18(5,6)10-12-19/h7-8,13H,9-12H2,1-6H3. The van der Waals surface area contributed by atoms with Crippen molar-refractivity contribution in [1.82, 2.24) is 0 Å². The van der Waals surface area contributed by atoms with Crippen molar-refractivity contribution in [1.29, 1.82) is 0 Å². The summed E-state index contributed by atoms with van der Waals surface area (Å²) < 4.78 is 0. The molecular weight excluding hydrogens is 230 g/mol. The van der Waals surface area contributed by atoms with Gasteiger partial charge >= 0.3 is 0 Å². The third kappa shape index (κ3) is 3.32. The van der Waals surface area contributed by atoms with E-state index in [-0.39, 0.29) is 5.41 Å². The first kappa shape index (κ1) is 14.4. The molecule has 0 atom stereocenters. The van der Waals surface area contributed by atoms with Crippen molar-refractivity contribution in [2.24, 2.45) is 5.41 Å². The van der Waals surface area contributed by atoms with E-state index in [1.807, 2.05) is 0 Å². The number of hydrogen-bond acceptors (Lipinski definition) is 1. The van der Waals surface area contributed by atoms with Crippen LogP contribution in [0.2, 0.25) is 0 Å². The minimum Gasteiger partial charge on any atom is -0.371 e. The van der Waals surface area contributed by atoms with E-state index in [1.54, 1.807) is 0 Å². The summed E-state index contributed by atoms with van der Waals surface area (Å²) in [4.78, 5) is 2.58.